The topological polar surface area (TPSA) is 55.1 Å². The summed E-state index contributed by atoms with van der Waals surface area (Å²) in [4.78, 5) is 14.4. The van der Waals surface area contributed by atoms with E-state index in [4.69, 9.17) is 9.97 Å². The fourth-order valence-corrected chi connectivity index (χ4v) is 4.73. The number of benzene rings is 3. The molecule has 0 aliphatic rings. The first-order valence-corrected chi connectivity index (χ1v) is 12.3. The predicted molar refractivity (Wildman–Crippen MR) is 146 cm³/mol. The minimum Gasteiger partial charge on any atom is -0.363 e. The summed E-state index contributed by atoms with van der Waals surface area (Å²) in [5, 5.41) is 4.82. The first kappa shape index (κ1) is 22.0. The Morgan fingerprint density at radius 3 is 2.44 bits per heavy atom. The van der Waals surface area contributed by atoms with Gasteiger partial charge in [-0.2, -0.15) is 0 Å². The van der Waals surface area contributed by atoms with E-state index < -0.39 is 0 Å². The molecule has 0 fully saturated rings. The quantitative estimate of drug-likeness (QED) is 0.272. The van der Waals surface area contributed by atoms with Crippen molar-refractivity contribution in [2.75, 3.05) is 5.32 Å². The number of hydrogen-bond acceptors (Lipinski definition) is 4. The van der Waals surface area contributed by atoms with Crippen molar-refractivity contribution in [1.82, 2.24) is 19.4 Å². The van der Waals surface area contributed by atoms with Gasteiger partial charge in [0.25, 0.3) is 0 Å². The zero-order valence-corrected chi connectivity index (χ0v) is 20.2. The molecule has 1 N–H and O–H groups in total. The average Bonchev–Trinajstić information content (AvgIpc) is 3.38. The van der Waals surface area contributed by atoms with E-state index in [1.54, 1.807) is 0 Å². The van der Waals surface area contributed by atoms with Gasteiger partial charge in [-0.15, -0.1) is 0 Å². The Morgan fingerprint density at radius 2 is 1.61 bits per heavy atom. The lowest BCUT2D eigenvalue weighted by Crippen LogP contribution is -2.14. The molecule has 0 radical (unpaired) electrons. The molecule has 0 spiro atoms. The largest absolute Gasteiger partial charge is 0.363 e. The SMILES string of the molecule is Cc1cc2nccn2cc1-c1nc(NC(CCc2ccccc2)c2ccccc2)c2ccccc2n1. The second-order valence-corrected chi connectivity index (χ2v) is 9.11. The molecule has 1 unspecified atom stereocenters. The summed E-state index contributed by atoms with van der Waals surface area (Å²) in [6.45, 7) is 2.09. The molecule has 5 heteroatoms. The Balaban J connectivity index is 1.42. The number of anilines is 1. The smallest absolute Gasteiger partial charge is 0.163 e. The van der Waals surface area contributed by atoms with Crippen LogP contribution >= 0.6 is 0 Å². The highest BCUT2D eigenvalue weighted by Crippen LogP contribution is 2.31. The van der Waals surface area contributed by atoms with Crippen LogP contribution in [0.15, 0.2) is 110 Å². The molecule has 3 aromatic carbocycles. The summed E-state index contributed by atoms with van der Waals surface area (Å²) >= 11 is 0. The molecule has 0 bridgehead atoms. The lowest BCUT2D eigenvalue weighted by atomic mass is 9.98. The highest BCUT2D eigenvalue weighted by atomic mass is 15.1. The van der Waals surface area contributed by atoms with Crippen LogP contribution in [-0.4, -0.2) is 19.4 Å². The van der Waals surface area contributed by atoms with Gasteiger partial charge in [0.1, 0.15) is 11.5 Å². The fraction of sp³-hybridized carbons (Fsp3) is 0.129. The van der Waals surface area contributed by atoms with Gasteiger partial charge < -0.3 is 9.72 Å². The molecular formula is C31H27N5. The van der Waals surface area contributed by atoms with Gasteiger partial charge in [0, 0.05) is 29.5 Å². The van der Waals surface area contributed by atoms with Crippen LogP contribution in [0.5, 0.6) is 0 Å². The monoisotopic (exact) mass is 469 g/mol. The maximum Gasteiger partial charge on any atom is 0.163 e. The molecule has 176 valence electrons. The molecule has 6 rings (SSSR count). The normalized spacial score (nSPS) is 12.1. The van der Waals surface area contributed by atoms with E-state index >= 15 is 0 Å². The number of fused-ring (bicyclic) bond motifs is 2. The third-order valence-corrected chi connectivity index (χ3v) is 6.66. The van der Waals surface area contributed by atoms with Gasteiger partial charge in [-0.25, -0.2) is 15.0 Å². The van der Waals surface area contributed by atoms with Crippen LogP contribution < -0.4 is 5.32 Å². The second kappa shape index (κ2) is 9.62. The minimum absolute atomic E-state index is 0.106. The van der Waals surface area contributed by atoms with Crippen molar-refractivity contribution < 1.29 is 0 Å². The van der Waals surface area contributed by atoms with Crippen LogP contribution in [0.1, 0.15) is 29.2 Å². The third kappa shape index (κ3) is 4.43. The summed E-state index contributed by atoms with van der Waals surface area (Å²) in [6.07, 6.45) is 7.74. The first-order valence-electron chi connectivity index (χ1n) is 12.3. The van der Waals surface area contributed by atoms with Crippen LogP contribution in [0.25, 0.3) is 27.9 Å². The third-order valence-electron chi connectivity index (χ3n) is 6.66. The van der Waals surface area contributed by atoms with Gasteiger partial charge in [-0.05, 0) is 54.7 Å². The molecule has 0 saturated heterocycles. The number of rotatable bonds is 7. The number of imidazole rings is 1. The maximum atomic E-state index is 5.09. The van der Waals surface area contributed by atoms with Crippen molar-refractivity contribution in [3.63, 3.8) is 0 Å². The van der Waals surface area contributed by atoms with Gasteiger partial charge in [0.2, 0.25) is 0 Å². The van der Waals surface area contributed by atoms with Crippen LogP contribution in [0.3, 0.4) is 0 Å². The van der Waals surface area contributed by atoms with Crippen molar-refractivity contribution in [3.05, 3.63) is 126 Å². The summed E-state index contributed by atoms with van der Waals surface area (Å²) in [6, 6.07) is 31.7. The van der Waals surface area contributed by atoms with Gasteiger partial charge in [-0.1, -0.05) is 72.8 Å². The highest BCUT2D eigenvalue weighted by molar-refractivity contribution is 5.91. The molecule has 0 amide bonds. The Morgan fingerprint density at radius 1 is 0.861 bits per heavy atom. The van der Waals surface area contributed by atoms with Gasteiger partial charge in [-0.3, -0.25) is 0 Å². The van der Waals surface area contributed by atoms with Crippen molar-refractivity contribution in [2.24, 2.45) is 0 Å². The van der Waals surface area contributed by atoms with E-state index in [2.05, 4.69) is 102 Å². The van der Waals surface area contributed by atoms with Crippen LogP contribution in [-0.2, 0) is 6.42 Å². The summed E-state index contributed by atoms with van der Waals surface area (Å²) in [5.41, 5.74) is 6.50. The second-order valence-electron chi connectivity index (χ2n) is 9.11. The van der Waals surface area contributed by atoms with Crippen molar-refractivity contribution in [1.29, 1.82) is 0 Å². The van der Waals surface area contributed by atoms with E-state index in [0.717, 1.165) is 46.3 Å². The van der Waals surface area contributed by atoms with E-state index in [1.165, 1.54) is 11.1 Å². The van der Waals surface area contributed by atoms with Crippen LogP contribution in [0.2, 0.25) is 0 Å². The zero-order chi connectivity index (χ0) is 24.3. The molecule has 5 nitrogen and oxygen atoms in total. The molecule has 0 saturated carbocycles. The minimum atomic E-state index is 0.106. The Hall–Kier alpha value is -4.51. The number of nitrogens with one attached hydrogen (secondary N) is 1. The number of nitrogens with zero attached hydrogens (tertiary/aromatic N) is 4. The highest BCUT2D eigenvalue weighted by Gasteiger charge is 2.17. The van der Waals surface area contributed by atoms with Crippen LogP contribution in [0, 0.1) is 6.92 Å². The number of aromatic nitrogens is 4. The number of pyridine rings is 1. The number of aryl methyl sites for hydroxylation is 2. The zero-order valence-electron chi connectivity index (χ0n) is 20.2. The van der Waals surface area contributed by atoms with Crippen molar-refractivity contribution in [2.45, 2.75) is 25.8 Å². The van der Waals surface area contributed by atoms with Crippen molar-refractivity contribution in [3.8, 4) is 11.4 Å². The molecule has 3 heterocycles. The standard InChI is InChI=1S/C31H27N5/c1-22-20-29-32-18-19-36(29)21-26(22)31-34-28-15-9-8-14-25(28)30(35-31)33-27(24-12-6-3-7-13-24)17-16-23-10-4-2-5-11-23/h2-15,18-21,27H,16-17H2,1H3,(H,33,34,35). The maximum absolute atomic E-state index is 5.09. The van der Waals surface area contributed by atoms with E-state index in [1.807, 2.05) is 28.9 Å². The van der Waals surface area contributed by atoms with E-state index in [0.29, 0.717) is 5.82 Å². The van der Waals surface area contributed by atoms with E-state index in [-0.39, 0.29) is 6.04 Å². The molecule has 6 aromatic rings. The number of hydrogen-bond donors (Lipinski definition) is 1. The van der Waals surface area contributed by atoms with Gasteiger partial charge in [0.05, 0.1) is 11.6 Å². The van der Waals surface area contributed by atoms with Crippen LogP contribution in [0.4, 0.5) is 5.82 Å². The fourth-order valence-electron chi connectivity index (χ4n) is 4.73. The Bertz CT molecular complexity index is 1620. The van der Waals surface area contributed by atoms with Gasteiger partial charge in [0.15, 0.2) is 5.82 Å². The summed E-state index contributed by atoms with van der Waals surface area (Å²) in [7, 11) is 0. The molecular weight excluding hydrogens is 442 g/mol. The molecule has 3 aromatic heterocycles. The number of para-hydroxylation sites is 1. The molecule has 0 aliphatic carbocycles. The summed E-state index contributed by atoms with van der Waals surface area (Å²) < 4.78 is 2.01. The van der Waals surface area contributed by atoms with E-state index in [9.17, 15) is 0 Å². The lowest BCUT2D eigenvalue weighted by Gasteiger charge is -2.22. The van der Waals surface area contributed by atoms with Gasteiger partial charge >= 0.3 is 0 Å². The predicted octanol–water partition coefficient (Wildman–Crippen LogP) is 7.04. The molecule has 36 heavy (non-hydrogen) atoms. The Labute approximate surface area is 210 Å². The molecule has 0 aliphatic heterocycles. The average molecular weight is 470 g/mol. The first-order chi connectivity index (χ1) is 17.7. The van der Waals surface area contributed by atoms with Crippen molar-refractivity contribution >= 4 is 22.4 Å². The lowest BCUT2D eigenvalue weighted by molar-refractivity contribution is 0.690. The molecule has 1 atom stereocenters. The Kier molecular flexibility index (Phi) is 5.88. The summed E-state index contributed by atoms with van der Waals surface area (Å²) in [5.74, 6) is 1.56.